The molecule has 1 nitrogen and oxygen atoms in total. The molecule has 0 spiro atoms. The highest BCUT2D eigenvalue weighted by Crippen LogP contribution is 2.48. The van der Waals surface area contributed by atoms with Crippen molar-refractivity contribution in [3.05, 3.63) is 285 Å². The van der Waals surface area contributed by atoms with E-state index < -0.39 is 0 Å². The largest absolute Gasteiger partial charge is 0.310 e. The molecular weight excluding hydrogens is 831 g/mol. The van der Waals surface area contributed by atoms with Crippen LogP contribution in [0.5, 0.6) is 0 Å². The summed E-state index contributed by atoms with van der Waals surface area (Å²) in [5, 5.41) is 5.00. The molecule has 0 fully saturated rings. The molecule has 12 rings (SSSR count). The molecule has 0 unspecified atom stereocenters. The van der Waals surface area contributed by atoms with E-state index in [0.717, 1.165) is 28.2 Å². The Hall–Kier alpha value is -9.04. The summed E-state index contributed by atoms with van der Waals surface area (Å²) in [4.78, 5) is 2.39. The van der Waals surface area contributed by atoms with Gasteiger partial charge in [-0.15, -0.1) is 0 Å². The Balaban J connectivity index is 1.00. The molecule has 0 saturated carbocycles. The van der Waals surface area contributed by atoms with Gasteiger partial charge in [-0.25, -0.2) is 0 Å². The van der Waals surface area contributed by atoms with E-state index in [9.17, 15) is 0 Å². The van der Waals surface area contributed by atoms with Crippen LogP contribution in [0.25, 0.3) is 99.4 Å². The third-order valence-corrected chi connectivity index (χ3v) is 13.5. The lowest BCUT2D eigenvalue weighted by Crippen LogP contribution is -2.10. The first-order valence-electron chi connectivity index (χ1n) is 23.7. The minimum absolute atomic E-state index is 1.08. The molecule has 0 aliphatic rings. The van der Waals surface area contributed by atoms with E-state index in [2.05, 4.69) is 290 Å². The van der Waals surface area contributed by atoms with Crippen molar-refractivity contribution in [1.82, 2.24) is 0 Å². The highest BCUT2D eigenvalue weighted by Gasteiger charge is 2.21. The second-order valence-corrected chi connectivity index (χ2v) is 17.6. The molecule has 0 radical (unpaired) electrons. The molecule has 0 heterocycles. The molecule has 0 atom stereocenters. The lowest BCUT2D eigenvalue weighted by molar-refractivity contribution is 1.28. The first-order chi connectivity index (χ1) is 34.2. The van der Waals surface area contributed by atoms with Gasteiger partial charge in [0, 0.05) is 17.1 Å². The van der Waals surface area contributed by atoms with Crippen molar-refractivity contribution in [2.24, 2.45) is 0 Å². The Morgan fingerprint density at radius 1 is 0.188 bits per heavy atom. The van der Waals surface area contributed by atoms with Crippen LogP contribution in [0.2, 0.25) is 0 Å². The fourth-order valence-corrected chi connectivity index (χ4v) is 10.2. The normalized spacial score (nSPS) is 11.2. The third kappa shape index (κ3) is 7.97. The molecule has 0 N–H and O–H groups in total. The van der Waals surface area contributed by atoms with Gasteiger partial charge in [0.2, 0.25) is 0 Å². The van der Waals surface area contributed by atoms with Gasteiger partial charge in [0.25, 0.3) is 0 Å². The Bertz CT molecular complexity index is 3720. The number of benzene rings is 12. The van der Waals surface area contributed by atoms with Gasteiger partial charge in [-0.2, -0.15) is 0 Å². The monoisotopic (exact) mass is 877 g/mol. The van der Waals surface area contributed by atoms with Crippen LogP contribution < -0.4 is 4.90 Å². The first-order valence-corrected chi connectivity index (χ1v) is 23.7. The Morgan fingerprint density at radius 2 is 0.594 bits per heavy atom. The van der Waals surface area contributed by atoms with Crippen LogP contribution in [0.3, 0.4) is 0 Å². The van der Waals surface area contributed by atoms with Gasteiger partial charge < -0.3 is 4.90 Å². The van der Waals surface area contributed by atoms with Crippen LogP contribution in [0.1, 0.15) is 0 Å². The molecule has 12 aromatic carbocycles. The zero-order chi connectivity index (χ0) is 45.9. The maximum atomic E-state index is 2.39. The van der Waals surface area contributed by atoms with Gasteiger partial charge in [-0.3, -0.25) is 0 Å². The van der Waals surface area contributed by atoms with Gasteiger partial charge in [-0.1, -0.05) is 243 Å². The van der Waals surface area contributed by atoms with Gasteiger partial charge >= 0.3 is 0 Å². The number of fused-ring (bicyclic) bond motifs is 3. The Kier molecular flexibility index (Phi) is 11.0. The smallest absolute Gasteiger partial charge is 0.0467 e. The summed E-state index contributed by atoms with van der Waals surface area (Å²) in [5.41, 5.74) is 20.1. The SMILES string of the molecule is c1ccc(-c2cccc(N(c3ccc(-c4ccc(-c5ccccc5)cc4-c4ccccc4)cc3)c3ccc(-c4cccc5c4c(-c4ccccc4)c(-c4ccccc4)c4ccccc45)cc3)c2)cc1. The highest BCUT2D eigenvalue weighted by molar-refractivity contribution is 6.25. The quantitative estimate of drug-likeness (QED) is 0.124. The average molecular weight is 878 g/mol. The lowest BCUT2D eigenvalue weighted by Gasteiger charge is -2.27. The van der Waals surface area contributed by atoms with Gasteiger partial charge in [0.05, 0.1) is 0 Å². The molecule has 69 heavy (non-hydrogen) atoms. The van der Waals surface area contributed by atoms with E-state index in [1.54, 1.807) is 0 Å². The van der Waals surface area contributed by atoms with Crippen molar-refractivity contribution < 1.29 is 0 Å². The minimum atomic E-state index is 1.08. The van der Waals surface area contributed by atoms with Crippen molar-refractivity contribution in [1.29, 1.82) is 0 Å². The average Bonchev–Trinajstić information content (AvgIpc) is 3.44. The zero-order valence-electron chi connectivity index (χ0n) is 38.1. The number of rotatable bonds is 10. The summed E-state index contributed by atoms with van der Waals surface area (Å²) < 4.78 is 0. The topological polar surface area (TPSA) is 3.24 Å². The summed E-state index contributed by atoms with van der Waals surface area (Å²) in [5.74, 6) is 0. The summed E-state index contributed by atoms with van der Waals surface area (Å²) >= 11 is 0. The number of hydrogen-bond donors (Lipinski definition) is 0. The standard InChI is InChI=1S/C68H47N/c1-6-20-48(21-7-1)55-30-18-31-59(46-55)69(57-41-36-51(37-42-57)60-45-40-56(49-22-8-2-9-23-49)47-65(60)50-24-10-3-11-25-50)58-43-38-52(39-44-58)61-34-19-35-64-62-32-16-17-33-63(62)66(53-26-12-4-13-27-53)67(68(61)64)54-28-14-5-15-29-54/h1-47H. The maximum Gasteiger partial charge on any atom is 0.0467 e. The predicted octanol–water partition coefficient (Wildman–Crippen LogP) is 19.1. The summed E-state index contributed by atoms with van der Waals surface area (Å²) in [6.07, 6.45) is 0. The predicted molar refractivity (Wildman–Crippen MR) is 294 cm³/mol. The van der Waals surface area contributed by atoms with Crippen LogP contribution in [-0.2, 0) is 0 Å². The van der Waals surface area contributed by atoms with Gasteiger partial charge in [0.15, 0.2) is 0 Å². The molecule has 12 aromatic rings. The Morgan fingerprint density at radius 3 is 1.17 bits per heavy atom. The highest BCUT2D eigenvalue weighted by atomic mass is 15.1. The summed E-state index contributed by atoms with van der Waals surface area (Å²) in [6, 6.07) is 104. The van der Waals surface area contributed by atoms with Crippen LogP contribution >= 0.6 is 0 Å². The molecule has 1 heteroatoms. The van der Waals surface area contributed by atoms with Crippen molar-refractivity contribution >= 4 is 38.6 Å². The van der Waals surface area contributed by atoms with Crippen molar-refractivity contribution in [3.8, 4) is 77.9 Å². The lowest BCUT2D eigenvalue weighted by atomic mass is 9.82. The van der Waals surface area contributed by atoms with E-state index in [1.807, 2.05) is 0 Å². The minimum Gasteiger partial charge on any atom is -0.310 e. The molecular formula is C68H47N. The van der Waals surface area contributed by atoms with Crippen LogP contribution in [0.4, 0.5) is 17.1 Å². The molecule has 0 aliphatic heterocycles. The second kappa shape index (κ2) is 18.3. The van der Waals surface area contributed by atoms with E-state index in [1.165, 1.54) is 88.3 Å². The fourth-order valence-electron chi connectivity index (χ4n) is 10.2. The molecule has 0 saturated heterocycles. The fraction of sp³-hybridized carbons (Fsp3) is 0. The number of anilines is 3. The van der Waals surface area contributed by atoms with Gasteiger partial charge in [-0.05, 0) is 142 Å². The zero-order valence-corrected chi connectivity index (χ0v) is 38.1. The van der Waals surface area contributed by atoms with Crippen LogP contribution in [0, 0.1) is 0 Å². The molecule has 0 aliphatic carbocycles. The number of nitrogens with zero attached hydrogens (tertiary/aromatic N) is 1. The number of hydrogen-bond acceptors (Lipinski definition) is 1. The Labute approximate surface area is 404 Å². The van der Waals surface area contributed by atoms with E-state index in [0.29, 0.717) is 0 Å². The van der Waals surface area contributed by atoms with Gasteiger partial charge in [0.1, 0.15) is 0 Å². The summed E-state index contributed by atoms with van der Waals surface area (Å²) in [7, 11) is 0. The summed E-state index contributed by atoms with van der Waals surface area (Å²) in [6.45, 7) is 0. The molecule has 0 aromatic heterocycles. The first kappa shape index (κ1) is 41.4. The van der Waals surface area contributed by atoms with Crippen molar-refractivity contribution in [2.45, 2.75) is 0 Å². The maximum absolute atomic E-state index is 2.39. The van der Waals surface area contributed by atoms with Crippen LogP contribution in [0.15, 0.2) is 285 Å². The third-order valence-electron chi connectivity index (χ3n) is 13.5. The van der Waals surface area contributed by atoms with E-state index >= 15 is 0 Å². The molecule has 0 bridgehead atoms. The van der Waals surface area contributed by atoms with Crippen molar-refractivity contribution in [3.63, 3.8) is 0 Å². The second-order valence-electron chi connectivity index (χ2n) is 17.6. The van der Waals surface area contributed by atoms with Crippen LogP contribution in [-0.4, -0.2) is 0 Å². The molecule has 324 valence electrons. The van der Waals surface area contributed by atoms with Crippen molar-refractivity contribution in [2.75, 3.05) is 4.90 Å². The van der Waals surface area contributed by atoms with E-state index in [4.69, 9.17) is 0 Å². The van der Waals surface area contributed by atoms with E-state index in [-0.39, 0.29) is 0 Å². The molecule has 0 amide bonds.